The van der Waals surface area contributed by atoms with Crippen molar-refractivity contribution >= 4 is 21.6 Å². The Balaban J connectivity index is 1.80. The topological polar surface area (TPSA) is 87.7 Å². The van der Waals surface area contributed by atoms with Crippen molar-refractivity contribution in [2.24, 2.45) is 5.92 Å². The number of thiophene rings is 1. The smallest absolute Gasteiger partial charge is 0.260 e. The van der Waals surface area contributed by atoms with Crippen LogP contribution in [0.25, 0.3) is 21.3 Å². The summed E-state index contributed by atoms with van der Waals surface area (Å²) < 4.78 is 10.8. The minimum Gasteiger partial charge on any atom is -0.389 e. The minimum absolute atomic E-state index is 0.139. The van der Waals surface area contributed by atoms with Crippen LogP contribution in [-0.2, 0) is 16.0 Å². The molecule has 0 fully saturated rings. The lowest BCUT2D eigenvalue weighted by Gasteiger charge is -2.24. The van der Waals surface area contributed by atoms with Crippen molar-refractivity contribution in [3.8, 4) is 11.1 Å². The SMILES string of the molecule is COCCN(Cc1nc2scc(-c3cc(C)ccc3C)c2c(=O)[nH]1)C[C@@H](O)COCC(C)C. The average Bonchev–Trinajstić information content (AvgIpc) is 3.17. The number of aliphatic hydroxyl groups is 1. The third-order valence-electron chi connectivity index (χ3n) is 5.39. The van der Waals surface area contributed by atoms with Crippen LogP contribution in [0.2, 0.25) is 0 Å². The summed E-state index contributed by atoms with van der Waals surface area (Å²) in [5.41, 5.74) is 4.13. The molecule has 0 amide bonds. The zero-order chi connectivity index (χ0) is 24.0. The Labute approximate surface area is 199 Å². The van der Waals surface area contributed by atoms with E-state index in [-0.39, 0.29) is 12.2 Å². The molecule has 0 unspecified atom stereocenters. The summed E-state index contributed by atoms with van der Waals surface area (Å²) in [5, 5.41) is 13.1. The molecule has 0 spiro atoms. The molecule has 2 aromatic heterocycles. The third-order valence-corrected chi connectivity index (χ3v) is 6.26. The second kappa shape index (κ2) is 11.9. The zero-order valence-electron chi connectivity index (χ0n) is 20.2. The highest BCUT2D eigenvalue weighted by atomic mass is 32.1. The number of H-pyrrole nitrogens is 1. The van der Waals surface area contributed by atoms with E-state index in [2.05, 4.69) is 50.9 Å². The summed E-state index contributed by atoms with van der Waals surface area (Å²) in [6.07, 6.45) is -0.631. The summed E-state index contributed by atoms with van der Waals surface area (Å²) in [7, 11) is 1.65. The van der Waals surface area contributed by atoms with Crippen LogP contribution in [0, 0.1) is 19.8 Å². The fourth-order valence-corrected chi connectivity index (χ4v) is 4.71. The molecule has 0 radical (unpaired) electrons. The van der Waals surface area contributed by atoms with Gasteiger partial charge < -0.3 is 19.6 Å². The van der Waals surface area contributed by atoms with Gasteiger partial charge in [-0.1, -0.05) is 37.6 Å². The molecule has 2 N–H and O–H groups in total. The quantitative estimate of drug-likeness (QED) is 0.417. The number of aliphatic hydroxyl groups excluding tert-OH is 1. The largest absolute Gasteiger partial charge is 0.389 e. The fraction of sp³-hybridized carbons (Fsp3) is 0.520. The van der Waals surface area contributed by atoms with Crippen molar-refractivity contribution in [2.75, 3.05) is 40.0 Å². The normalized spacial score (nSPS) is 12.8. The fourth-order valence-electron chi connectivity index (χ4n) is 3.75. The molecular weight excluding hydrogens is 438 g/mol. The van der Waals surface area contributed by atoms with E-state index in [4.69, 9.17) is 14.5 Å². The van der Waals surface area contributed by atoms with Crippen molar-refractivity contribution in [3.05, 3.63) is 50.9 Å². The third kappa shape index (κ3) is 6.94. The van der Waals surface area contributed by atoms with Crippen molar-refractivity contribution < 1.29 is 14.6 Å². The van der Waals surface area contributed by atoms with Crippen molar-refractivity contribution in [2.45, 2.75) is 40.3 Å². The van der Waals surface area contributed by atoms with Gasteiger partial charge in [0.2, 0.25) is 0 Å². The molecule has 180 valence electrons. The maximum Gasteiger partial charge on any atom is 0.260 e. The number of aromatic amines is 1. The number of hydrogen-bond donors (Lipinski definition) is 2. The molecule has 1 aromatic carbocycles. The highest BCUT2D eigenvalue weighted by molar-refractivity contribution is 7.17. The predicted octanol–water partition coefficient (Wildman–Crippen LogP) is 3.75. The van der Waals surface area contributed by atoms with Crippen molar-refractivity contribution in [1.82, 2.24) is 14.9 Å². The maximum absolute atomic E-state index is 13.1. The average molecular weight is 474 g/mol. The number of aryl methyl sites for hydroxylation is 2. The lowest BCUT2D eigenvalue weighted by Crippen LogP contribution is -2.37. The summed E-state index contributed by atoms with van der Waals surface area (Å²) >= 11 is 1.48. The Morgan fingerprint density at radius 2 is 2.00 bits per heavy atom. The van der Waals surface area contributed by atoms with E-state index in [0.29, 0.717) is 50.0 Å². The molecule has 0 saturated heterocycles. The number of methoxy groups -OCH3 is 1. The molecule has 0 aliphatic carbocycles. The summed E-state index contributed by atoms with van der Waals surface area (Å²) in [4.78, 5) is 23.5. The lowest BCUT2D eigenvalue weighted by atomic mass is 9.99. The zero-order valence-corrected chi connectivity index (χ0v) is 21.0. The van der Waals surface area contributed by atoms with Crippen LogP contribution in [0.1, 0.15) is 30.8 Å². The number of nitrogens with zero attached hydrogens (tertiary/aromatic N) is 2. The highest BCUT2D eigenvalue weighted by Gasteiger charge is 2.18. The molecule has 3 rings (SSSR count). The first-order chi connectivity index (χ1) is 15.8. The molecule has 3 aromatic rings. The van der Waals surface area contributed by atoms with Gasteiger partial charge in [-0.15, -0.1) is 11.3 Å². The van der Waals surface area contributed by atoms with Gasteiger partial charge in [0.05, 0.1) is 31.2 Å². The van der Waals surface area contributed by atoms with Crippen LogP contribution in [0.4, 0.5) is 0 Å². The number of fused-ring (bicyclic) bond motifs is 1. The number of aromatic nitrogens is 2. The molecule has 0 bridgehead atoms. The molecule has 0 aliphatic rings. The van der Waals surface area contributed by atoms with E-state index in [1.807, 2.05) is 10.3 Å². The minimum atomic E-state index is -0.631. The summed E-state index contributed by atoms with van der Waals surface area (Å²) in [5.74, 6) is 0.996. The predicted molar refractivity (Wildman–Crippen MR) is 134 cm³/mol. The second-order valence-corrected chi connectivity index (χ2v) is 9.83. The highest BCUT2D eigenvalue weighted by Crippen LogP contribution is 2.33. The van der Waals surface area contributed by atoms with Crippen LogP contribution in [0.5, 0.6) is 0 Å². The standard InChI is InChI=1S/C25H35N3O4S/c1-16(2)13-32-14-19(29)11-28(8-9-31-5)12-22-26-24(30)23-21(15-33-25(23)27-22)20-10-17(3)6-7-18(20)4/h6-7,10,15-16,19,29H,8-9,11-14H2,1-5H3,(H,26,27,30)/t19-/m1/s1. The van der Waals surface area contributed by atoms with Crippen LogP contribution < -0.4 is 5.56 Å². The van der Waals surface area contributed by atoms with Crippen LogP contribution in [-0.4, -0.2) is 66.1 Å². The molecule has 1 atom stereocenters. The number of hydrogen-bond acceptors (Lipinski definition) is 7. The Kier molecular flexibility index (Phi) is 9.17. The monoisotopic (exact) mass is 473 g/mol. The van der Waals surface area contributed by atoms with Gasteiger partial charge in [-0.25, -0.2) is 4.98 Å². The first-order valence-corrected chi connectivity index (χ1v) is 12.2. The molecule has 8 heteroatoms. The van der Waals surface area contributed by atoms with Gasteiger partial charge in [-0.2, -0.15) is 0 Å². The maximum atomic E-state index is 13.1. The van der Waals surface area contributed by atoms with E-state index in [0.717, 1.165) is 27.1 Å². The van der Waals surface area contributed by atoms with Gasteiger partial charge in [0.1, 0.15) is 10.7 Å². The number of nitrogens with one attached hydrogen (secondary N) is 1. The van der Waals surface area contributed by atoms with E-state index in [1.165, 1.54) is 11.3 Å². The summed E-state index contributed by atoms with van der Waals surface area (Å²) in [6, 6.07) is 6.26. The Bertz CT molecular complexity index is 1110. The van der Waals surface area contributed by atoms with Gasteiger partial charge in [0, 0.05) is 37.7 Å². The number of rotatable bonds is 12. The van der Waals surface area contributed by atoms with Crippen LogP contribution >= 0.6 is 11.3 Å². The van der Waals surface area contributed by atoms with Crippen LogP contribution in [0.15, 0.2) is 28.4 Å². The number of benzene rings is 1. The van der Waals surface area contributed by atoms with E-state index in [1.54, 1.807) is 7.11 Å². The van der Waals surface area contributed by atoms with Gasteiger partial charge in [0.25, 0.3) is 5.56 Å². The summed E-state index contributed by atoms with van der Waals surface area (Å²) in [6.45, 7) is 11.1. The number of ether oxygens (including phenoxy) is 2. The van der Waals surface area contributed by atoms with Gasteiger partial charge >= 0.3 is 0 Å². The molecule has 33 heavy (non-hydrogen) atoms. The molecular formula is C25H35N3O4S. The van der Waals surface area contributed by atoms with Crippen LogP contribution in [0.3, 0.4) is 0 Å². The van der Waals surface area contributed by atoms with Crippen molar-refractivity contribution in [3.63, 3.8) is 0 Å². The molecule has 0 saturated carbocycles. The Morgan fingerprint density at radius 1 is 1.21 bits per heavy atom. The lowest BCUT2D eigenvalue weighted by molar-refractivity contribution is 0.00296. The first-order valence-electron chi connectivity index (χ1n) is 11.3. The first kappa shape index (κ1) is 25.5. The molecule has 0 aliphatic heterocycles. The Hall–Kier alpha value is -2.10. The van der Waals surface area contributed by atoms with Gasteiger partial charge in [0.15, 0.2) is 0 Å². The van der Waals surface area contributed by atoms with Gasteiger partial charge in [-0.3, -0.25) is 9.69 Å². The van der Waals surface area contributed by atoms with E-state index >= 15 is 0 Å². The van der Waals surface area contributed by atoms with Crippen molar-refractivity contribution in [1.29, 1.82) is 0 Å². The second-order valence-electron chi connectivity index (χ2n) is 8.97. The van der Waals surface area contributed by atoms with E-state index in [9.17, 15) is 9.90 Å². The Morgan fingerprint density at radius 3 is 2.73 bits per heavy atom. The molecule has 2 heterocycles. The van der Waals surface area contributed by atoms with E-state index < -0.39 is 6.10 Å². The van der Waals surface area contributed by atoms with Gasteiger partial charge in [-0.05, 0) is 30.9 Å². The molecule has 7 nitrogen and oxygen atoms in total.